The highest BCUT2D eigenvalue weighted by atomic mass is 19.1. The van der Waals surface area contributed by atoms with E-state index >= 15 is 0 Å². The number of carbonyl (C=O) groups excluding carboxylic acids is 2. The first-order chi connectivity index (χ1) is 13.5. The summed E-state index contributed by atoms with van der Waals surface area (Å²) < 4.78 is 12.9. The van der Waals surface area contributed by atoms with Crippen LogP contribution in [0.1, 0.15) is 19.8 Å². The van der Waals surface area contributed by atoms with E-state index in [1.165, 1.54) is 24.3 Å². The van der Waals surface area contributed by atoms with Gasteiger partial charge in [0.05, 0.1) is 6.04 Å². The van der Waals surface area contributed by atoms with Crippen molar-refractivity contribution in [2.45, 2.75) is 31.8 Å². The Kier molecular flexibility index (Phi) is 6.60. The molecule has 0 bridgehead atoms. The van der Waals surface area contributed by atoms with Crippen LogP contribution in [0.4, 0.5) is 20.6 Å². The first-order valence-corrected chi connectivity index (χ1v) is 9.44. The molecule has 0 saturated carbocycles. The molecule has 7 heteroatoms. The number of nitrogens with zero attached hydrogens (tertiary/aromatic N) is 1. The number of halogens is 1. The van der Waals surface area contributed by atoms with Crippen LogP contribution in [0, 0.1) is 5.82 Å². The summed E-state index contributed by atoms with van der Waals surface area (Å²) in [5, 5.41) is 8.57. The number of likely N-dealkylation sites (tertiary alicyclic amines) is 1. The highest BCUT2D eigenvalue weighted by Crippen LogP contribution is 2.16. The molecule has 3 amide bonds. The summed E-state index contributed by atoms with van der Waals surface area (Å²) in [6.07, 6.45) is 1.53. The number of hydrogen-bond donors (Lipinski definition) is 3. The van der Waals surface area contributed by atoms with Crippen molar-refractivity contribution < 1.29 is 14.0 Å². The van der Waals surface area contributed by atoms with Crippen LogP contribution in [0.5, 0.6) is 0 Å². The molecule has 6 nitrogen and oxygen atoms in total. The molecular formula is C21H25FN4O2. The van der Waals surface area contributed by atoms with Crippen LogP contribution in [-0.4, -0.2) is 42.0 Å². The van der Waals surface area contributed by atoms with Gasteiger partial charge in [-0.25, -0.2) is 9.18 Å². The predicted molar refractivity (Wildman–Crippen MR) is 108 cm³/mol. The molecule has 148 valence electrons. The Labute approximate surface area is 164 Å². The maximum Gasteiger partial charge on any atom is 0.319 e. The molecule has 0 radical (unpaired) electrons. The van der Waals surface area contributed by atoms with Crippen LogP contribution in [0.3, 0.4) is 0 Å². The van der Waals surface area contributed by atoms with Gasteiger partial charge in [0.25, 0.3) is 0 Å². The lowest BCUT2D eigenvalue weighted by Crippen LogP contribution is -2.51. The number of nitrogens with one attached hydrogen (secondary N) is 3. The van der Waals surface area contributed by atoms with E-state index in [4.69, 9.17) is 0 Å². The fraction of sp³-hybridized carbons (Fsp3) is 0.333. The molecule has 2 aromatic carbocycles. The smallest absolute Gasteiger partial charge is 0.319 e. The third kappa shape index (κ3) is 5.53. The zero-order valence-corrected chi connectivity index (χ0v) is 15.8. The van der Waals surface area contributed by atoms with E-state index in [9.17, 15) is 14.0 Å². The molecule has 1 heterocycles. The molecule has 1 saturated heterocycles. The van der Waals surface area contributed by atoms with Gasteiger partial charge < -0.3 is 16.0 Å². The maximum atomic E-state index is 12.9. The lowest BCUT2D eigenvalue weighted by Gasteiger charge is -2.35. The molecule has 28 heavy (non-hydrogen) atoms. The Bertz CT molecular complexity index is 790. The van der Waals surface area contributed by atoms with Gasteiger partial charge in [-0.3, -0.25) is 9.69 Å². The molecule has 3 N–H and O–H groups in total. The predicted octanol–water partition coefficient (Wildman–Crippen LogP) is 3.44. The van der Waals surface area contributed by atoms with Crippen molar-refractivity contribution in [3.8, 4) is 0 Å². The second kappa shape index (κ2) is 9.32. The second-order valence-electron chi connectivity index (χ2n) is 6.95. The van der Waals surface area contributed by atoms with Gasteiger partial charge in [0.15, 0.2) is 0 Å². The van der Waals surface area contributed by atoms with Gasteiger partial charge >= 0.3 is 6.03 Å². The van der Waals surface area contributed by atoms with Crippen molar-refractivity contribution in [2.24, 2.45) is 0 Å². The fourth-order valence-corrected chi connectivity index (χ4v) is 3.25. The Morgan fingerprint density at radius 1 is 0.964 bits per heavy atom. The van der Waals surface area contributed by atoms with Crippen LogP contribution in [-0.2, 0) is 4.79 Å². The monoisotopic (exact) mass is 384 g/mol. The zero-order valence-electron chi connectivity index (χ0n) is 15.8. The molecular weight excluding hydrogens is 359 g/mol. The third-order valence-corrected chi connectivity index (χ3v) is 4.94. The molecule has 0 aliphatic carbocycles. The molecule has 3 rings (SSSR count). The number of piperidine rings is 1. The number of anilines is 2. The van der Waals surface area contributed by atoms with Crippen molar-refractivity contribution in [1.29, 1.82) is 0 Å². The number of carbonyl (C=O) groups is 2. The van der Waals surface area contributed by atoms with E-state index in [0.717, 1.165) is 31.6 Å². The molecule has 0 aromatic heterocycles. The molecule has 2 aromatic rings. The first kappa shape index (κ1) is 19.8. The number of urea groups is 1. The Balaban J connectivity index is 1.42. The van der Waals surface area contributed by atoms with Gasteiger partial charge in [-0.1, -0.05) is 18.2 Å². The highest BCUT2D eigenvalue weighted by Gasteiger charge is 2.27. The topological polar surface area (TPSA) is 73.5 Å². The summed E-state index contributed by atoms with van der Waals surface area (Å²) in [6.45, 7) is 3.35. The van der Waals surface area contributed by atoms with Crippen molar-refractivity contribution >= 4 is 23.3 Å². The summed E-state index contributed by atoms with van der Waals surface area (Å²) >= 11 is 0. The van der Waals surface area contributed by atoms with Crippen LogP contribution in [0.25, 0.3) is 0 Å². The zero-order chi connectivity index (χ0) is 19.9. The summed E-state index contributed by atoms with van der Waals surface area (Å²) in [4.78, 5) is 26.7. The second-order valence-corrected chi connectivity index (χ2v) is 6.95. The number of para-hydroxylation sites is 1. The molecule has 1 aliphatic heterocycles. The lowest BCUT2D eigenvalue weighted by atomic mass is 10.0. The molecule has 0 spiro atoms. The van der Waals surface area contributed by atoms with Gasteiger partial charge in [-0.2, -0.15) is 0 Å². The Hall–Kier alpha value is -2.93. The fourth-order valence-electron chi connectivity index (χ4n) is 3.25. The summed E-state index contributed by atoms with van der Waals surface area (Å²) in [7, 11) is 0. The average molecular weight is 384 g/mol. The van der Waals surface area contributed by atoms with Crippen molar-refractivity contribution in [3.63, 3.8) is 0 Å². The standard InChI is InChI=1S/C21H25FN4O2/c1-15(20(27)23-17-5-3-2-4-6-17)26-13-11-19(12-14-26)25-21(28)24-18-9-7-16(22)8-10-18/h2-10,15,19H,11-14H2,1H3,(H,23,27)(H2,24,25,28)/t15-/m0/s1. The van der Waals surface area contributed by atoms with Crippen LogP contribution >= 0.6 is 0 Å². The van der Waals surface area contributed by atoms with Gasteiger partial charge in [0, 0.05) is 30.5 Å². The Morgan fingerprint density at radius 2 is 1.57 bits per heavy atom. The maximum absolute atomic E-state index is 12.9. The number of amides is 3. The van der Waals surface area contributed by atoms with Crippen molar-refractivity contribution in [1.82, 2.24) is 10.2 Å². The molecule has 0 unspecified atom stereocenters. The quantitative estimate of drug-likeness (QED) is 0.739. The summed E-state index contributed by atoms with van der Waals surface area (Å²) in [5.41, 5.74) is 1.33. The van der Waals surface area contributed by atoms with E-state index in [1.54, 1.807) is 0 Å². The average Bonchev–Trinajstić information content (AvgIpc) is 2.70. The molecule has 1 aliphatic rings. The van der Waals surface area contributed by atoms with Gasteiger partial charge in [0.1, 0.15) is 5.82 Å². The van der Waals surface area contributed by atoms with Crippen molar-refractivity contribution in [2.75, 3.05) is 23.7 Å². The summed E-state index contributed by atoms with van der Waals surface area (Å²) in [6, 6.07) is 14.5. The van der Waals surface area contributed by atoms with Crippen LogP contribution < -0.4 is 16.0 Å². The van der Waals surface area contributed by atoms with E-state index in [0.29, 0.717) is 5.69 Å². The van der Waals surface area contributed by atoms with E-state index in [1.807, 2.05) is 37.3 Å². The van der Waals surface area contributed by atoms with Gasteiger partial charge in [0.2, 0.25) is 5.91 Å². The normalized spacial score (nSPS) is 16.2. The van der Waals surface area contributed by atoms with Crippen molar-refractivity contribution in [3.05, 3.63) is 60.4 Å². The first-order valence-electron chi connectivity index (χ1n) is 9.44. The van der Waals surface area contributed by atoms with Crippen LogP contribution in [0.2, 0.25) is 0 Å². The third-order valence-electron chi connectivity index (χ3n) is 4.94. The lowest BCUT2D eigenvalue weighted by molar-refractivity contribution is -0.121. The largest absolute Gasteiger partial charge is 0.335 e. The number of rotatable bonds is 5. The molecule has 1 atom stereocenters. The number of benzene rings is 2. The van der Waals surface area contributed by atoms with E-state index in [2.05, 4.69) is 20.9 Å². The van der Waals surface area contributed by atoms with E-state index in [-0.39, 0.29) is 29.8 Å². The number of hydrogen-bond acceptors (Lipinski definition) is 3. The molecule has 1 fully saturated rings. The SMILES string of the molecule is C[C@@H](C(=O)Nc1ccccc1)N1CCC(NC(=O)Nc2ccc(F)cc2)CC1. The van der Waals surface area contributed by atoms with Gasteiger partial charge in [-0.15, -0.1) is 0 Å². The van der Waals surface area contributed by atoms with E-state index < -0.39 is 0 Å². The van der Waals surface area contributed by atoms with Crippen LogP contribution in [0.15, 0.2) is 54.6 Å². The minimum Gasteiger partial charge on any atom is -0.335 e. The summed E-state index contributed by atoms with van der Waals surface area (Å²) in [5.74, 6) is -0.379. The highest BCUT2D eigenvalue weighted by molar-refractivity contribution is 5.94. The Morgan fingerprint density at radius 3 is 2.21 bits per heavy atom. The minimum atomic E-state index is -0.344. The minimum absolute atomic E-state index is 0.0355. The van der Waals surface area contributed by atoms with Gasteiger partial charge in [-0.05, 0) is 56.2 Å².